The maximum Gasteiger partial charge on any atom is 0.131 e. The van der Waals surface area contributed by atoms with E-state index in [4.69, 9.17) is 4.74 Å². The number of nitrogens with zero attached hydrogens (tertiary/aromatic N) is 1. The monoisotopic (exact) mass is 249 g/mol. The summed E-state index contributed by atoms with van der Waals surface area (Å²) in [6.07, 6.45) is -0.527. The molecule has 0 bridgehead atoms. The summed E-state index contributed by atoms with van der Waals surface area (Å²) < 4.78 is 5.68. The summed E-state index contributed by atoms with van der Waals surface area (Å²) >= 11 is 1.55. The molecule has 0 radical (unpaired) electrons. The van der Waals surface area contributed by atoms with Gasteiger partial charge < -0.3 is 9.84 Å². The van der Waals surface area contributed by atoms with Crippen molar-refractivity contribution in [2.45, 2.75) is 26.6 Å². The van der Waals surface area contributed by atoms with E-state index in [1.807, 2.05) is 30.5 Å². The van der Waals surface area contributed by atoms with Crippen LogP contribution in [0.5, 0.6) is 5.75 Å². The van der Waals surface area contributed by atoms with E-state index in [1.165, 1.54) is 0 Å². The van der Waals surface area contributed by atoms with Crippen LogP contribution >= 0.6 is 11.3 Å². The lowest BCUT2D eigenvalue weighted by Gasteiger charge is -2.13. The van der Waals surface area contributed by atoms with Crippen molar-refractivity contribution in [1.29, 1.82) is 0 Å². The number of thiazole rings is 1. The first-order valence-corrected chi connectivity index (χ1v) is 6.39. The smallest absolute Gasteiger partial charge is 0.131 e. The second kappa shape index (κ2) is 5.29. The molecule has 1 aromatic heterocycles. The molecule has 2 rings (SSSR count). The molecule has 1 heterocycles. The molecule has 0 spiro atoms. The predicted molar refractivity (Wildman–Crippen MR) is 68.3 cm³/mol. The van der Waals surface area contributed by atoms with Crippen LogP contribution in [0.25, 0.3) is 0 Å². The van der Waals surface area contributed by atoms with Crippen molar-refractivity contribution in [3.8, 4) is 5.75 Å². The quantitative estimate of drug-likeness (QED) is 0.905. The Balaban J connectivity index is 2.14. The van der Waals surface area contributed by atoms with Gasteiger partial charge in [-0.05, 0) is 26.0 Å². The van der Waals surface area contributed by atoms with Crippen LogP contribution in [-0.4, -0.2) is 10.1 Å². The highest BCUT2D eigenvalue weighted by Crippen LogP contribution is 2.26. The molecule has 0 aliphatic carbocycles. The van der Waals surface area contributed by atoms with E-state index in [-0.39, 0.29) is 0 Å². The molecule has 1 aromatic carbocycles. The van der Waals surface area contributed by atoms with Crippen LogP contribution in [0.15, 0.2) is 29.1 Å². The largest absolute Gasteiger partial charge is 0.487 e. The summed E-state index contributed by atoms with van der Waals surface area (Å²) in [6.45, 7) is 4.17. The zero-order valence-electron chi connectivity index (χ0n) is 9.88. The average molecular weight is 249 g/mol. The Morgan fingerprint density at radius 1 is 1.47 bits per heavy atom. The van der Waals surface area contributed by atoms with Crippen LogP contribution in [-0.2, 0) is 6.61 Å². The summed E-state index contributed by atoms with van der Waals surface area (Å²) in [4.78, 5) is 4.15. The zero-order chi connectivity index (χ0) is 12.3. The van der Waals surface area contributed by atoms with Gasteiger partial charge in [-0.15, -0.1) is 11.3 Å². The van der Waals surface area contributed by atoms with Crippen molar-refractivity contribution in [3.63, 3.8) is 0 Å². The molecular weight excluding hydrogens is 234 g/mol. The van der Waals surface area contributed by atoms with Gasteiger partial charge in [-0.1, -0.05) is 11.6 Å². The Morgan fingerprint density at radius 2 is 2.29 bits per heavy atom. The van der Waals surface area contributed by atoms with Crippen LogP contribution < -0.4 is 4.74 Å². The fourth-order valence-corrected chi connectivity index (χ4v) is 2.13. The third kappa shape index (κ3) is 3.05. The van der Waals surface area contributed by atoms with Gasteiger partial charge in [-0.2, -0.15) is 0 Å². The summed E-state index contributed by atoms with van der Waals surface area (Å²) in [6, 6.07) is 5.81. The first-order valence-electron chi connectivity index (χ1n) is 5.45. The van der Waals surface area contributed by atoms with Crippen LogP contribution in [0.3, 0.4) is 0 Å². The molecule has 17 heavy (non-hydrogen) atoms. The number of hydrogen-bond donors (Lipinski definition) is 1. The molecule has 0 aliphatic rings. The number of aryl methyl sites for hydroxylation is 1. The van der Waals surface area contributed by atoms with Gasteiger partial charge >= 0.3 is 0 Å². The van der Waals surface area contributed by atoms with Gasteiger partial charge in [0.25, 0.3) is 0 Å². The van der Waals surface area contributed by atoms with E-state index in [9.17, 15) is 5.11 Å². The molecule has 0 saturated heterocycles. The highest BCUT2D eigenvalue weighted by Gasteiger charge is 2.09. The zero-order valence-corrected chi connectivity index (χ0v) is 10.7. The predicted octanol–water partition coefficient (Wildman–Crippen LogP) is 3.08. The summed E-state index contributed by atoms with van der Waals surface area (Å²) in [7, 11) is 0. The lowest BCUT2D eigenvalue weighted by atomic mass is 10.1. The van der Waals surface area contributed by atoms with Gasteiger partial charge in [0.2, 0.25) is 0 Å². The first kappa shape index (κ1) is 12.1. The molecule has 2 aromatic rings. The number of rotatable bonds is 4. The number of aromatic nitrogens is 1. The Labute approximate surface area is 105 Å². The van der Waals surface area contributed by atoms with Crippen molar-refractivity contribution in [2.24, 2.45) is 0 Å². The van der Waals surface area contributed by atoms with Gasteiger partial charge in [0.05, 0.1) is 17.3 Å². The molecule has 0 aliphatic heterocycles. The Morgan fingerprint density at radius 3 is 2.94 bits per heavy atom. The average Bonchev–Trinajstić information content (AvgIpc) is 2.80. The molecule has 0 fully saturated rings. The van der Waals surface area contributed by atoms with Crippen LogP contribution in [0.4, 0.5) is 0 Å². The Bertz CT molecular complexity index is 480. The SMILES string of the molecule is Cc1ccc(OCc2cscn2)c(C(C)O)c1. The third-order valence-corrected chi connectivity index (χ3v) is 3.11. The van der Waals surface area contributed by atoms with Crippen molar-refractivity contribution in [3.05, 3.63) is 45.9 Å². The van der Waals surface area contributed by atoms with Crippen molar-refractivity contribution < 1.29 is 9.84 Å². The van der Waals surface area contributed by atoms with Gasteiger partial charge in [0.1, 0.15) is 12.4 Å². The van der Waals surface area contributed by atoms with E-state index in [0.29, 0.717) is 6.61 Å². The second-order valence-electron chi connectivity index (χ2n) is 3.99. The lowest BCUT2D eigenvalue weighted by Crippen LogP contribution is -2.01. The molecule has 1 unspecified atom stereocenters. The van der Waals surface area contributed by atoms with Crippen molar-refractivity contribution in [1.82, 2.24) is 4.98 Å². The fraction of sp³-hybridized carbons (Fsp3) is 0.308. The van der Waals surface area contributed by atoms with Gasteiger partial charge in [0, 0.05) is 10.9 Å². The number of ether oxygens (including phenoxy) is 1. The minimum absolute atomic E-state index is 0.437. The Kier molecular flexibility index (Phi) is 3.76. The molecule has 3 nitrogen and oxygen atoms in total. The van der Waals surface area contributed by atoms with Crippen molar-refractivity contribution >= 4 is 11.3 Å². The summed E-state index contributed by atoms with van der Waals surface area (Å²) in [5.41, 5.74) is 4.62. The Hall–Kier alpha value is -1.39. The maximum absolute atomic E-state index is 9.69. The number of aliphatic hydroxyl groups is 1. The van der Waals surface area contributed by atoms with Gasteiger partial charge in [-0.25, -0.2) is 4.98 Å². The number of benzene rings is 1. The molecule has 4 heteroatoms. The topological polar surface area (TPSA) is 42.4 Å². The van der Waals surface area contributed by atoms with Crippen LogP contribution in [0.1, 0.15) is 29.8 Å². The molecule has 0 saturated carbocycles. The van der Waals surface area contributed by atoms with Crippen molar-refractivity contribution in [2.75, 3.05) is 0 Å². The maximum atomic E-state index is 9.69. The van der Waals surface area contributed by atoms with Crippen LogP contribution in [0.2, 0.25) is 0 Å². The molecule has 90 valence electrons. The minimum atomic E-state index is -0.527. The molecule has 1 atom stereocenters. The number of hydrogen-bond acceptors (Lipinski definition) is 4. The van der Waals surface area contributed by atoms with Gasteiger partial charge in [-0.3, -0.25) is 0 Å². The third-order valence-electron chi connectivity index (χ3n) is 2.47. The normalized spacial score (nSPS) is 12.4. The van der Waals surface area contributed by atoms with Crippen LogP contribution in [0, 0.1) is 6.92 Å². The number of aliphatic hydroxyl groups excluding tert-OH is 1. The highest BCUT2D eigenvalue weighted by atomic mass is 32.1. The molecule has 1 N–H and O–H groups in total. The second-order valence-corrected chi connectivity index (χ2v) is 4.70. The summed E-state index contributed by atoms with van der Waals surface area (Å²) in [5.74, 6) is 0.721. The fourth-order valence-electron chi connectivity index (χ4n) is 1.59. The van der Waals surface area contributed by atoms with E-state index in [0.717, 1.165) is 22.6 Å². The highest BCUT2D eigenvalue weighted by molar-refractivity contribution is 7.07. The minimum Gasteiger partial charge on any atom is -0.487 e. The standard InChI is InChI=1S/C13H15NO2S/c1-9-3-4-13(12(5-9)10(2)15)16-6-11-7-17-8-14-11/h3-5,7-8,10,15H,6H2,1-2H3. The van der Waals surface area contributed by atoms with E-state index in [1.54, 1.807) is 23.8 Å². The lowest BCUT2D eigenvalue weighted by molar-refractivity contribution is 0.190. The first-order chi connectivity index (χ1) is 8.16. The molecule has 0 amide bonds. The van der Waals surface area contributed by atoms with E-state index in [2.05, 4.69) is 4.98 Å². The molecular formula is C13H15NO2S. The van der Waals surface area contributed by atoms with E-state index >= 15 is 0 Å². The van der Waals surface area contributed by atoms with E-state index < -0.39 is 6.10 Å². The summed E-state index contributed by atoms with van der Waals surface area (Å²) in [5, 5.41) is 11.6. The van der Waals surface area contributed by atoms with Gasteiger partial charge in [0.15, 0.2) is 0 Å².